The summed E-state index contributed by atoms with van der Waals surface area (Å²) in [6.07, 6.45) is 9.89. The van der Waals surface area contributed by atoms with Crippen LogP contribution in [0.25, 0.3) is 11.4 Å². The molecule has 0 bridgehead atoms. The van der Waals surface area contributed by atoms with Crippen molar-refractivity contribution in [3.63, 3.8) is 0 Å². The number of pyridine rings is 1. The molecule has 7 heteroatoms. The van der Waals surface area contributed by atoms with Crippen LogP contribution in [0.2, 0.25) is 0 Å². The Kier molecular flexibility index (Phi) is 3.84. The number of hydrogen-bond acceptors (Lipinski definition) is 6. The van der Waals surface area contributed by atoms with Crippen LogP contribution in [-0.4, -0.2) is 36.3 Å². The lowest BCUT2D eigenvalue weighted by atomic mass is 10.2. The molecular weight excluding hydrogens is 326 g/mol. The van der Waals surface area contributed by atoms with Crippen molar-refractivity contribution in [2.45, 2.75) is 45.1 Å². The van der Waals surface area contributed by atoms with Crippen LogP contribution in [0.15, 0.2) is 24.5 Å². The molecule has 132 valence electrons. The molecule has 0 saturated heterocycles. The van der Waals surface area contributed by atoms with E-state index in [1.807, 2.05) is 18.3 Å². The van der Waals surface area contributed by atoms with Crippen molar-refractivity contribution >= 4 is 5.82 Å². The molecule has 0 radical (unpaired) electrons. The predicted molar refractivity (Wildman–Crippen MR) is 97.8 cm³/mol. The fourth-order valence-corrected chi connectivity index (χ4v) is 3.89. The number of fused-ring (bicyclic) bond motifs is 2. The van der Waals surface area contributed by atoms with Crippen LogP contribution in [-0.2, 0) is 32.2 Å². The minimum atomic E-state index is 0.754. The van der Waals surface area contributed by atoms with Crippen molar-refractivity contribution < 1.29 is 0 Å². The lowest BCUT2D eigenvalue weighted by Crippen LogP contribution is -2.13. The fourth-order valence-electron chi connectivity index (χ4n) is 3.89. The van der Waals surface area contributed by atoms with Gasteiger partial charge in [-0.25, -0.2) is 9.97 Å². The van der Waals surface area contributed by atoms with E-state index in [4.69, 9.17) is 9.97 Å². The second-order valence-corrected chi connectivity index (χ2v) is 6.88. The van der Waals surface area contributed by atoms with Gasteiger partial charge < -0.3 is 9.88 Å². The molecule has 3 aromatic rings. The van der Waals surface area contributed by atoms with Crippen LogP contribution < -0.4 is 5.32 Å². The minimum Gasteiger partial charge on any atom is -0.369 e. The second kappa shape index (κ2) is 6.48. The molecule has 0 atom stereocenters. The molecule has 1 aliphatic heterocycles. The van der Waals surface area contributed by atoms with Crippen LogP contribution in [0.4, 0.5) is 5.82 Å². The molecular formula is C19H21N7. The highest BCUT2D eigenvalue weighted by Crippen LogP contribution is 2.29. The third-order valence-corrected chi connectivity index (χ3v) is 5.18. The van der Waals surface area contributed by atoms with Crippen molar-refractivity contribution in [3.05, 3.63) is 47.4 Å². The summed E-state index contributed by atoms with van der Waals surface area (Å²) in [6, 6.07) is 3.93. The monoisotopic (exact) mass is 347 g/mol. The first kappa shape index (κ1) is 15.4. The molecule has 1 N–H and O–H groups in total. The molecule has 0 amide bonds. The number of nitrogens with zero attached hydrogens (tertiary/aromatic N) is 6. The Morgan fingerprint density at radius 3 is 3.00 bits per heavy atom. The molecule has 1 aliphatic carbocycles. The molecule has 3 aromatic heterocycles. The average molecular weight is 347 g/mol. The van der Waals surface area contributed by atoms with Crippen LogP contribution >= 0.6 is 0 Å². The summed E-state index contributed by atoms with van der Waals surface area (Å²) < 4.78 is 2.26. The Hall–Kier alpha value is -2.83. The van der Waals surface area contributed by atoms with Gasteiger partial charge in [0, 0.05) is 55.1 Å². The van der Waals surface area contributed by atoms with Gasteiger partial charge in [0.2, 0.25) is 0 Å². The normalized spacial score (nSPS) is 15.1. The Balaban J connectivity index is 1.37. The zero-order valence-corrected chi connectivity index (χ0v) is 14.6. The Bertz CT molecular complexity index is 933. The van der Waals surface area contributed by atoms with Gasteiger partial charge in [0.25, 0.3) is 0 Å². The largest absolute Gasteiger partial charge is 0.369 e. The van der Waals surface area contributed by atoms with E-state index in [9.17, 15) is 0 Å². The van der Waals surface area contributed by atoms with E-state index < -0.39 is 0 Å². The second-order valence-electron chi connectivity index (χ2n) is 6.88. The van der Waals surface area contributed by atoms with Gasteiger partial charge in [0.15, 0.2) is 5.82 Å². The quantitative estimate of drug-likeness (QED) is 0.762. The van der Waals surface area contributed by atoms with Crippen LogP contribution in [0.5, 0.6) is 0 Å². The Morgan fingerprint density at radius 2 is 2.08 bits per heavy atom. The third-order valence-electron chi connectivity index (χ3n) is 5.18. The fraction of sp³-hybridized carbons (Fsp3) is 0.421. The van der Waals surface area contributed by atoms with E-state index in [-0.39, 0.29) is 0 Å². The number of aromatic nitrogens is 6. The first-order valence-corrected chi connectivity index (χ1v) is 9.33. The third kappa shape index (κ3) is 2.73. The molecule has 0 saturated carbocycles. The molecule has 26 heavy (non-hydrogen) atoms. The first-order valence-electron chi connectivity index (χ1n) is 9.33. The van der Waals surface area contributed by atoms with Gasteiger partial charge in [-0.15, -0.1) is 10.2 Å². The first-order chi connectivity index (χ1) is 12.9. The van der Waals surface area contributed by atoms with E-state index in [2.05, 4.69) is 25.1 Å². The van der Waals surface area contributed by atoms with Gasteiger partial charge in [-0.1, -0.05) is 0 Å². The number of hydrogen-bond donors (Lipinski definition) is 1. The summed E-state index contributed by atoms with van der Waals surface area (Å²) in [5.74, 6) is 3.92. The Labute approximate surface area is 151 Å². The number of nitrogens with one attached hydrogen (secondary N) is 1. The summed E-state index contributed by atoms with van der Waals surface area (Å²) in [5, 5.41) is 12.2. The SMILES string of the molecule is c1cncc(-c2nc3c(c(NCCc4nnc5n4CCC5)n2)CCC3)c1. The average Bonchev–Trinajstić information content (AvgIpc) is 3.40. The smallest absolute Gasteiger partial charge is 0.163 e. The van der Waals surface area contributed by atoms with Gasteiger partial charge in [0.05, 0.1) is 0 Å². The maximum absolute atomic E-state index is 4.80. The molecule has 0 aromatic carbocycles. The van der Waals surface area contributed by atoms with E-state index in [1.54, 1.807) is 6.20 Å². The van der Waals surface area contributed by atoms with Crippen molar-refractivity contribution in [2.24, 2.45) is 0 Å². The molecule has 2 aliphatic rings. The molecule has 0 unspecified atom stereocenters. The van der Waals surface area contributed by atoms with Gasteiger partial charge in [-0.3, -0.25) is 4.98 Å². The van der Waals surface area contributed by atoms with Gasteiger partial charge in [-0.2, -0.15) is 0 Å². The number of rotatable bonds is 5. The Morgan fingerprint density at radius 1 is 1.08 bits per heavy atom. The van der Waals surface area contributed by atoms with E-state index in [1.165, 1.54) is 17.7 Å². The van der Waals surface area contributed by atoms with Gasteiger partial charge >= 0.3 is 0 Å². The highest BCUT2D eigenvalue weighted by atomic mass is 15.3. The molecule has 0 spiro atoms. The van der Waals surface area contributed by atoms with Gasteiger partial charge in [0.1, 0.15) is 17.5 Å². The van der Waals surface area contributed by atoms with E-state index in [0.29, 0.717) is 0 Å². The highest BCUT2D eigenvalue weighted by molar-refractivity contribution is 5.59. The van der Waals surface area contributed by atoms with Crippen LogP contribution in [0.1, 0.15) is 35.7 Å². The minimum absolute atomic E-state index is 0.754. The van der Waals surface area contributed by atoms with E-state index in [0.717, 1.165) is 74.0 Å². The molecule has 5 rings (SSSR count). The summed E-state index contributed by atoms with van der Waals surface area (Å²) >= 11 is 0. The zero-order valence-electron chi connectivity index (χ0n) is 14.6. The summed E-state index contributed by atoms with van der Waals surface area (Å²) in [6.45, 7) is 1.85. The topological polar surface area (TPSA) is 81.4 Å². The summed E-state index contributed by atoms with van der Waals surface area (Å²) in [4.78, 5) is 13.8. The summed E-state index contributed by atoms with van der Waals surface area (Å²) in [5.41, 5.74) is 3.40. The van der Waals surface area contributed by atoms with Crippen molar-refractivity contribution in [2.75, 3.05) is 11.9 Å². The van der Waals surface area contributed by atoms with E-state index >= 15 is 0 Å². The number of aryl methyl sites for hydroxylation is 2. The lowest BCUT2D eigenvalue weighted by Gasteiger charge is -2.12. The maximum Gasteiger partial charge on any atom is 0.163 e. The maximum atomic E-state index is 4.80. The molecule has 0 fully saturated rings. The molecule has 7 nitrogen and oxygen atoms in total. The van der Waals surface area contributed by atoms with Gasteiger partial charge in [-0.05, 0) is 37.8 Å². The van der Waals surface area contributed by atoms with Crippen LogP contribution in [0, 0.1) is 0 Å². The molecule has 4 heterocycles. The highest BCUT2D eigenvalue weighted by Gasteiger charge is 2.21. The standard InChI is InChI=1S/C19H21N7/c1-5-14-15(6-1)22-18(13-4-2-9-20-12-13)23-19(14)21-10-8-17-25-24-16-7-3-11-26(16)17/h2,4,9,12H,1,3,5-8,10-11H2,(H,21,22,23). The van der Waals surface area contributed by atoms with Crippen molar-refractivity contribution in [3.8, 4) is 11.4 Å². The zero-order chi connectivity index (χ0) is 17.3. The predicted octanol–water partition coefficient (Wildman–Crippen LogP) is 2.22. The summed E-state index contributed by atoms with van der Waals surface area (Å²) in [7, 11) is 0. The lowest BCUT2D eigenvalue weighted by molar-refractivity contribution is 0.687. The number of anilines is 1. The van der Waals surface area contributed by atoms with Crippen LogP contribution in [0.3, 0.4) is 0 Å². The van der Waals surface area contributed by atoms with Crippen molar-refractivity contribution in [1.82, 2.24) is 29.7 Å². The van der Waals surface area contributed by atoms with Crippen molar-refractivity contribution in [1.29, 1.82) is 0 Å².